The van der Waals surface area contributed by atoms with Gasteiger partial charge in [-0.05, 0) is 73.8 Å². The Morgan fingerprint density at radius 3 is 2.53 bits per heavy atom. The molecule has 0 saturated heterocycles. The minimum atomic E-state index is -0.339. The first kappa shape index (κ1) is 24.6. The van der Waals surface area contributed by atoms with E-state index in [9.17, 15) is 9.59 Å². The second-order valence-electron chi connectivity index (χ2n) is 9.31. The number of nitrogens with one attached hydrogen (secondary N) is 1. The molecular formula is C25H34N2O3S2. The highest BCUT2D eigenvalue weighted by molar-refractivity contribution is 8.00. The summed E-state index contributed by atoms with van der Waals surface area (Å²) < 4.78 is 5.36. The summed E-state index contributed by atoms with van der Waals surface area (Å²) in [6.07, 6.45) is 3.49. The van der Waals surface area contributed by atoms with Crippen LogP contribution < -0.4 is 11.1 Å². The molecule has 1 aromatic carbocycles. The molecule has 5 nitrogen and oxygen atoms in total. The Labute approximate surface area is 199 Å². The van der Waals surface area contributed by atoms with Gasteiger partial charge in [-0.25, -0.2) is 4.79 Å². The number of hydrogen-bond donors (Lipinski definition) is 2. The quantitative estimate of drug-likeness (QED) is 0.285. The highest BCUT2D eigenvalue weighted by Crippen LogP contribution is 2.44. The van der Waals surface area contributed by atoms with Gasteiger partial charge >= 0.3 is 5.97 Å². The molecule has 0 aliphatic heterocycles. The van der Waals surface area contributed by atoms with Crippen LogP contribution in [0.2, 0.25) is 0 Å². The van der Waals surface area contributed by atoms with Crippen molar-refractivity contribution in [3.05, 3.63) is 40.3 Å². The van der Waals surface area contributed by atoms with Crippen molar-refractivity contribution in [2.75, 3.05) is 17.7 Å². The van der Waals surface area contributed by atoms with Gasteiger partial charge in [0.2, 0.25) is 5.91 Å². The van der Waals surface area contributed by atoms with Gasteiger partial charge in [0.25, 0.3) is 0 Å². The minimum absolute atomic E-state index is 0.0918. The molecule has 1 heterocycles. The lowest BCUT2D eigenvalue weighted by Crippen LogP contribution is -2.27. The number of fused-ring (bicyclic) bond motifs is 1. The zero-order chi connectivity index (χ0) is 23.5. The lowest BCUT2D eigenvalue weighted by atomic mass is 9.72. The van der Waals surface area contributed by atoms with Crippen molar-refractivity contribution >= 4 is 45.7 Å². The lowest BCUT2D eigenvalue weighted by molar-refractivity contribution is -0.115. The maximum Gasteiger partial charge on any atom is 0.341 e. The van der Waals surface area contributed by atoms with Crippen LogP contribution in [0.1, 0.15) is 68.3 Å². The third-order valence-electron chi connectivity index (χ3n) is 6.03. The Morgan fingerprint density at radius 1 is 1.25 bits per heavy atom. The van der Waals surface area contributed by atoms with Gasteiger partial charge in [0.15, 0.2) is 0 Å². The highest BCUT2D eigenvalue weighted by Gasteiger charge is 2.35. The lowest BCUT2D eigenvalue weighted by Gasteiger charge is -2.33. The third-order valence-corrected chi connectivity index (χ3v) is 8.57. The van der Waals surface area contributed by atoms with Crippen LogP contribution in [0.5, 0.6) is 0 Å². The van der Waals surface area contributed by atoms with Crippen molar-refractivity contribution in [3.8, 4) is 0 Å². The van der Waals surface area contributed by atoms with Crippen LogP contribution in [0.4, 0.5) is 10.7 Å². The van der Waals surface area contributed by atoms with Crippen molar-refractivity contribution in [2.24, 2.45) is 11.3 Å². The molecule has 3 rings (SSSR count). The van der Waals surface area contributed by atoms with E-state index in [1.165, 1.54) is 16.6 Å². The van der Waals surface area contributed by atoms with Crippen LogP contribution in [-0.4, -0.2) is 23.7 Å². The highest BCUT2D eigenvalue weighted by atomic mass is 32.2. The number of benzene rings is 1. The van der Waals surface area contributed by atoms with Gasteiger partial charge in [-0.15, -0.1) is 23.1 Å². The molecule has 3 N–H and O–H groups in total. The van der Waals surface area contributed by atoms with Crippen molar-refractivity contribution in [2.45, 2.75) is 70.4 Å². The predicted molar refractivity (Wildman–Crippen MR) is 135 cm³/mol. The fraction of sp³-hybridized carbons (Fsp3) is 0.520. The molecule has 0 radical (unpaired) electrons. The first-order valence-electron chi connectivity index (χ1n) is 11.3. The zero-order valence-electron chi connectivity index (χ0n) is 19.6. The molecular weight excluding hydrogens is 440 g/mol. The number of carbonyl (C=O) groups is 2. The van der Waals surface area contributed by atoms with Crippen molar-refractivity contribution < 1.29 is 14.3 Å². The van der Waals surface area contributed by atoms with E-state index in [2.05, 4.69) is 26.1 Å². The van der Waals surface area contributed by atoms with Gasteiger partial charge in [-0.3, -0.25) is 4.79 Å². The number of carbonyl (C=O) groups excluding carboxylic acids is 2. The smallest absolute Gasteiger partial charge is 0.341 e. The summed E-state index contributed by atoms with van der Waals surface area (Å²) in [7, 11) is 0. The summed E-state index contributed by atoms with van der Waals surface area (Å²) in [4.78, 5) is 28.2. The summed E-state index contributed by atoms with van der Waals surface area (Å²) in [5.74, 6) is 0.122. The fourth-order valence-corrected chi connectivity index (χ4v) is 6.33. The predicted octanol–water partition coefficient (Wildman–Crippen LogP) is 6.17. The number of thiophene rings is 1. The molecule has 7 heteroatoms. The van der Waals surface area contributed by atoms with E-state index in [0.29, 0.717) is 35.2 Å². The normalized spacial score (nSPS) is 16.8. The van der Waals surface area contributed by atoms with Crippen LogP contribution in [0.3, 0.4) is 0 Å². The van der Waals surface area contributed by atoms with Gasteiger partial charge in [-0.1, -0.05) is 27.7 Å². The number of thioether (sulfide) groups is 1. The van der Waals surface area contributed by atoms with E-state index in [4.69, 9.17) is 10.5 Å². The molecule has 0 spiro atoms. The Kier molecular flexibility index (Phi) is 7.93. The Hall–Kier alpha value is -1.99. The molecule has 0 saturated carbocycles. The van der Waals surface area contributed by atoms with E-state index in [-0.39, 0.29) is 22.5 Å². The monoisotopic (exact) mass is 474 g/mol. The summed E-state index contributed by atoms with van der Waals surface area (Å²) in [5, 5.41) is 3.44. The largest absolute Gasteiger partial charge is 0.462 e. The van der Waals surface area contributed by atoms with E-state index < -0.39 is 0 Å². The number of hydrogen-bond acceptors (Lipinski definition) is 6. The molecule has 1 aliphatic carbocycles. The first-order chi connectivity index (χ1) is 15.1. The fourth-order valence-electron chi connectivity index (χ4n) is 4.06. The molecule has 174 valence electrons. The van der Waals surface area contributed by atoms with E-state index >= 15 is 0 Å². The van der Waals surface area contributed by atoms with Crippen molar-refractivity contribution in [1.29, 1.82) is 0 Å². The zero-order valence-corrected chi connectivity index (χ0v) is 21.3. The standard InChI is InChI=1S/C25H34N2O3S2/c1-6-19(31-17-11-9-16(26)10-12-17)22(28)27-23-21(24(29)30-7-2)18-13-8-15(25(3,4)5)14-20(18)32-23/h9-12,15,19H,6-8,13-14,26H2,1-5H3,(H,27,28). The number of ether oxygens (including phenoxy) is 1. The molecule has 2 unspecified atom stereocenters. The van der Waals surface area contributed by atoms with Gasteiger partial charge < -0.3 is 15.8 Å². The van der Waals surface area contributed by atoms with Crippen LogP contribution >= 0.6 is 23.1 Å². The molecule has 0 bridgehead atoms. The molecule has 0 fully saturated rings. The molecule has 1 aliphatic rings. The summed E-state index contributed by atoms with van der Waals surface area (Å²) >= 11 is 3.05. The number of amides is 1. The van der Waals surface area contributed by atoms with Gasteiger partial charge in [-0.2, -0.15) is 0 Å². The topological polar surface area (TPSA) is 81.4 Å². The summed E-state index contributed by atoms with van der Waals surface area (Å²) in [6, 6.07) is 7.53. The minimum Gasteiger partial charge on any atom is -0.462 e. The van der Waals surface area contributed by atoms with Gasteiger partial charge in [0, 0.05) is 15.5 Å². The van der Waals surface area contributed by atoms with Crippen LogP contribution in [0, 0.1) is 11.3 Å². The van der Waals surface area contributed by atoms with E-state index in [1.54, 1.807) is 18.3 Å². The van der Waals surface area contributed by atoms with E-state index in [0.717, 1.165) is 29.7 Å². The number of anilines is 2. The average Bonchev–Trinajstić information content (AvgIpc) is 3.09. The van der Waals surface area contributed by atoms with Crippen LogP contribution in [0.25, 0.3) is 0 Å². The Bertz CT molecular complexity index is 961. The second-order valence-corrected chi connectivity index (χ2v) is 11.7. The molecule has 1 aromatic heterocycles. The Morgan fingerprint density at radius 2 is 1.94 bits per heavy atom. The third kappa shape index (κ3) is 5.67. The molecule has 32 heavy (non-hydrogen) atoms. The maximum absolute atomic E-state index is 13.2. The molecule has 2 aromatic rings. The van der Waals surface area contributed by atoms with Gasteiger partial charge in [0.05, 0.1) is 17.4 Å². The SMILES string of the molecule is CCOC(=O)c1c(NC(=O)C(CC)Sc2ccc(N)cc2)sc2c1CCC(C(C)(C)C)C2. The van der Waals surface area contributed by atoms with E-state index in [1.807, 2.05) is 31.2 Å². The summed E-state index contributed by atoms with van der Waals surface area (Å²) in [5.41, 5.74) is 8.29. The van der Waals surface area contributed by atoms with Crippen molar-refractivity contribution in [3.63, 3.8) is 0 Å². The maximum atomic E-state index is 13.2. The summed E-state index contributed by atoms with van der Waals surface area (Å²) in [6.45, 7) is 10.9. The second kappa shape index (κ2) is 10.3. The average molecular weight is 475 g/mol. The number of rotatable bonds is 7. The van der Waals surface area contributed by atoms with Crippen molar-refractivity contribution in [1.82, 2.24) is 0 Å². The molecule has 1 amide bonds. The number of nitrogen functional groups attached to an aromatic ring is 1. The number of nitrogens with two attached hydrogens (primary N) is 1. The molecule has 2 atom stereocenters. The van der Waals surface area contributed by atoms with Crippen LogP contribution in [0.15, 0.2) is 29.2 Å². The number of esters is 1. The van der Waals surface area contributed by atoms with Crippen LogP contribution in [-0.2, 0) is 22.4 Å². The first-order valence-corrected chi connectivity index (χ1v) is 13.0. The Balaban J connectivity index is 1.85. The van der Waals surface area contributed by atoms with Gasteiger partial charge in [0.1, 0.15) is 5.00 Å².